The Bertz CT molecular complexity index is 532. The van der Waals surface area contributed by atoms with Gasteiger partial charge in [0.25, 0.3) is 5.69 Å². The van der Waals surface area contributed by atoms with Crippen LogP contribution >= 0.6 is 0 Å². The van der Waals surface area contributed by atoms with Crippen LogP contribution in [0.5, 0.6) is 0 Å². The molecule has 1 saturated carbocycles. The average Bonchev–Trinajstić information content (AvgIpc) is 3.12. The highest BCUT2D eigenvalue weighted by atomic mass is 16.6. The summed E-state index contributed by atoms with van der Waals surface area (Å²) < 4.78 is 0. The summed E-state index contributed by atoms with van der Waals surface area (Å²) in [6.07, 6.45) is 1.57. The molecule has 2 rings (SSSR count). The molecule has 1 aromatic rings. The Morgan fingerprint density at radius 1 is 1.39 bits per heavy atom. The predicted octanol–water partition coefficient (Wildman–Crippen LogP) is 2.46. The van der Waals surface area contributed by atoms with Crippen molar-refractivity contribution in [1.82, 2.24) is 0 Å². The number of carbonyl (C=O) groups is 2. The van der Waals surface area contributed by atoms with E-state index in [1.807, 2.05) is 0 Å². The molecule has 94 valence electrons. The van der Waals surface area contributed by atoms with Crippen molar-refractivity contribution in [2.75, 3.05) is 0 Å². The van der Waals surface area contributed by atoms with Crippen LogP contribution in [-0.4, -0.2) is 16.5 Å². The van der Waals surface area contributed by atoms with E-state index in [9.17, 15) is 19.7 Å². The largest absolute Gasteiger partial charge is 0.299 e. The van der Waals surface area contributed by atoms with Crippen molar-refractivity contribution in [1.29, 1.82) is 0 Å². The molecule has 0 saturated heterocycles. The van der Waals surface area contributed by atoms with Gasteiger partial charge in [-0.3, -0.25) is 19.7 Å². The van der Waals surface area contributed by atoms with E-state index in [0.717, 1.165) is 12.8 Å². The molecule has 0 spiro atoms. The molecule has 1 fully saturated rings. The van der Waals surface area contributed by atoms with Crippen molar-refractivity contribution in [3.63, 3.8) is 0 Å². The number of aryl methyl sites for hydroxylation is 1. The molecule has 0 amide bonds. The third-order valence-corrected chi connectivity index (χ3v) is 3.10. The summed E-state index contributed by atoms with van der Waals surface area (Å²) in [6.45, 7) is 1.61. The van der Waals surface area contributed by atoms with Crippen LogP contribution in [0, 0.1) is 23.0 Å². The van der Waals surface area contributed by atoms with Gasteiger partial charge in [0.2, 0.25) is 0 Å². The van der Waals surface area contributed by atoms with Crippen LogP contribution < -0.4 is 0 Å². The molecular weight excluding hydrogens is 234 g/mol. The van der Waals surface area contributed by atoms with Gasteiger partial charge in [-0.2, -0.15) is 0 Å². The van der Waals surface area contributed by atoms with E-state index in [4.69, 9.17) is 0 Å². The lowest BCUT2D eigenvalue weighted by Crippen LogP contribution is -2.10. The van der Waals surface area contributed by atoms with E-state index in [0.29, 0.717) is 5.56 Å². The standard InChI is InChI=1S/C13H13NO4/c1-8-2-3-10(6-11(8)14(17)18)13(16)7-12(15)9-4-5-9/h2-3,6,9H,4-5,7H2,1H3. The number of hydrogen-bond acceptors (Lipinski definition) is 4. The van der Waals surface area contributed by atoms with Crippen LogP contribution in [-0.2, 0) is 4.79 Å². The SMILES string of the molecule is Cc1ccc(C(=O)CC(=O)C2CC2)cc1[N+](=O)[O-]. The van der Waals surface area contributed by atoms with Crippen molar-refractivity contribution in [3.05, 3.63) is 39.4 Å². The molecule has 1 aromatic carbocycles. The number of hydrogen-bond donors (Lipinski definition) is 0. The fraction of sp³-hybridized carbons (Fsp3) is 0.385. The van der Waals surface area contributed by atoms with Gasteiger partial charge in [0, 0.05) is 23.1 Å². The molecule has 18 heavy (non-hydrogen) atoms. The minimum atomic E-state index is -0.519. The van der Waals surface area contributed by atoms with Crippen LogP contribution in [0.15, 0.2) is 18.2 Å². The van der Waals surface area contributed by atoms with Crippen molar-refractivity contribution >= 4 is 17.3 Å². The molecule has 0 radical (unpaired) electrons. The quantitative estimate of drug-likeness (QED) is 0.346. The van der Waals surface area contributed by atoms with E-state index >= 15 is 0 Å². The first-order valence-electron chi connectivity index (χ1n) is 5.80. The summed E-state index contributed by atoms with van der Waals surface area (Å²) in [5, 5.41) is 10.8. The molecule has 0 N–H and O–H groups in total. The second-order valence-corrected chi connectivity index (χ2v) is 4.60. The van der Waals surface area contributed by atoms with Gasteiger partial charge in [0.1, 0.15) is 5.78 Å². The number of benzene rings is 1. The molecule has 1 aliphatic rings. The van der Waals surface area contributed by atoms with Gasteiger partial charge in [-0.25, -0.2) is 0 Å². The van der Waals surface area contributed by atoms with Crippen LogP contribution in [0.2, 0.25) is 0 Å². The molecule has 0 bridgehead atoms. The Balaban J connectivity index is 2.17. The van der Waals surface area contributed by atoms with Crippen LogP contribution in [0.4, 0.5) is 5.69 Å². The maximum atomic E-state index is 11.8. The summed E-state index contributed by atoms with van der Waals surface area (Å²) in [5.41, 5.74) is 0.658. The predicted molar refractivity (Wildman–Crippen MR) is 64.5 cm³/mol. The number of carbonyl (C=O) groups excluding carboxylic acids is 2. The summed E-state index contributed by atoms with van der Waals surface area (Å²) >= 11 is 0. The molecule has 0 unspecified atom stereocenters. The summed E-state index contributed by atoms with van der Waals surface area (Å²) in [5.74, 6) is -0.354. The topological polar surface area (TPSA) is 77.3 Å². The maximum Gasteiger partial charge on any atom is 0.273 e. The normalized spacial score (nSPS) is 14.3. The number of Topliss-reactive ketones (excluding diaryl/α,β-unsaturated/α-hetero) is 2. The minimum absolute atomic E-state index is 0.0365. The minimum Gasteiger partial charge on any atom is -0.299 e. The summed E-state index contributed by atoms with van der Waals surface area (Å²) in [4.78, 5) is 33.6. The molecule has 5 heteroatoms. The van der Waals surface area contributed by atoms with Crippen molar-refractivity contribution in [3.8, 4) is 0 Å². The van der Waals surface area contributed by atoms with Gasteiger partial charge >= 0.3 is 0 Å². The van der Waals surface area contributed by atoms with E-state index in [2.05, 4.69) is 0 Å². The summed E-state index contributed by atoms with van der Waals surface area (Å²) in [7, 11) is 0. The maximum absolute atomic E-state index is 11.8. The van der Waals surface area contributed by atoms with Crippen LogP contribution in [0.25, 0.3) is 0 Å². The monoisotopic (exact) mass is 247 g/mol. The first-order chi connectivity index (χ1) is 8.49. The number of nitro benzene ring substituents is 1. The van der Waals surface area contributed by atoms with Gasteiger partial charge in [-0.1, -0.05) is 12.1 Å². The fourth-order valence-corrected chi connectivity index (χ4v) is 1.79. The highest BCUT2D eigenvalue weighted by Gasteiger charge is 2.31. The Morgan fingerprint density at radius 3 is 2.61 bits per heavy atom. The van der Waals surface area contributed by atoms with Gasteiger partial charge < -0.3 is 0 Å². The van der Waals surface area contributed by atoms with Crippen molar-refractivity contribution in [2.45, 2.75) is 26.2 Å². The lowest BCUT2D eigenvalue weighted by atomic mass is 10.0. The molecule has 0 aromatic heterocycles. The van der Waals surface area contributed by atoms with E-state index in [-0.39, 0.29) is 35.2 Å². The number of nitro groups is 1. The zero-order valence-electron chi connectivity index (χ0n) is 10.0. The van der Waals surface area contributed by atoms with Crippen LogP contribution in [0.1, 0.15) is 35.2 Å². The second kappa shape index (κ2) is 4.68. The lowest BCUT2D eigenvalue weighted by molar-refractivity contribution is -0.385. The molecule has 1 aliphatic carbocycles. The van der Waals surface area contributed by atoms with Crippen molar-refractivity contribution in [2.24, 2.45) is 5.92 Å². The first-order valence-corrected chi connectivity index (χ1v) is 5.80. The van der Waals surface area contributed by atoms with Gasteiger partial charge in [0.05, 0.1) is 11.3 Å². The smallest absolute Gasteiger partial charge is 0.273 e. The Morgan fingerprint density at radius 2 is 2.06 bits per heavy atom. The van der Waals surface area contributed by atoms with Crippen LogP contribution in [0.3, 0.4) is 0 Å². The Hall–Kier alpha value is -2.04. The Labute approximate surface area is 104 Å². The number of nitrogens with zero attached hydrogens (tertiary/aromatic N) is 1. The highest BCUT2D eigenvalue weighted by molar-refractivity contribution is 6.09. The average molecular weight is 247 g/mol. The molecular formula is C13H13NO4. The van der Waals surface area contributed by atoms with E-state index in [1.54, 1.807) is 6.92 Å². The van der Waals surface area contributed by atoms with Gasteiger partial charge in [-0.05, 0) is 19.8 Å². The molecule has 0 heterocycles. The third kappa shape index (κ3) is 2.61. The lowest BCUT2D eigenvalue weighted by Gasteiger charge is -2.02. The van der Waals surface area contributed by atoms with Gasteiger partial charge in [0.15, 0.2) is 5.78 Å². The Kier molecular flexibility index (Phi) is 3.23. The number of rotatable bonds is 5. The second-order valence-electron chi connectivity index (χ2n) is 4.60. The van der Waals surface area contributed by atoms with E-state index < -0.39 is 4.92 Å². The van der Waals surface area contributed by atoms with Crippen molar-refractivity contribution < 1.29 is 14.5 Å². The number of ketones is 2. The molecule has 0 aliphatic heterocycles. The van der Waals surface area contributed by atoms with Gasteiger partial charge in [-0.15, -0.1) is 0 Å². The zero-order chi connectivity index (χ0) is 13.3. The summed E-state index contributed by atoms with van der Waals surface area (Å²) in [6, 6.07) is 4.32. The highest BCUT2D eigenvalue weighted by Crippen LogP contribution is 2.31. The zero-order valence-corrected chi connectivity index (χ0v) is 10.0. The first kappa shape index (κ1) is 12.4. The van der Waals surface area contributed by atoms with E-state index in [1.165, 1.54) is 18.2 Å². The third-order valence-electron chi connectivity index (χ3n) is 3.10. The fourth-order valence-electron chi connectivity index (χ4n) is 1.79. The molecule has 0 atom stereocenters. The molecule has 5 nitrogen and oxygen atoms in total.